The maximum Gasteiger partial charge on any atom is 0.335 e. The summed E-state index contributed by atoms with van der Waals surface area (Å²) in [5.41, 5.74) is 1.03. The molecule has 0 heterocycles. The number of hydrogen-bond donors (Lipinski definition) is 0. The van der Waals surface area contributed by atoms with Crippen molar-refractivity contribution in [2.45, 2.75) is 52.9 Å². The van der Waals surface area contributed by atoms with Crippen molar-refractivity contribution in [3.63, 3.8) is 0 Å². The smallest absolute Gasteiger partial charge is 0.335 e. The number of esters is 1. The van der Waals surface area contributed by atoms with Crippen LogP contribution in [0.15, 0.2) is 30.3 Å². The minimum Gasteiger partial charge on any atom is -0.451 e. The van der Waals surface area contributed by atoms with Gasteiger partial charge in [-0.05, 0) is 31.7 Å². The van der Waals surface area contributed by atoms with Gasteiger partial charge < -0.3 is 14.4 Å². The number of amides is 1. The van der Waals surface area contributed by atoms with Gasteiger partial charge in [0.1, 0.15) is 0 Å². The molecule has 134 valence electrons. The van der Waals surface area contributed by atoms with E-state index in [1.807, 2.05) is 30.3 Å². The quantitative estimate of drug-likeness (QED) is 0.651. The van der Waals surface area contributed by atoms with E-state index in [4.69, 9.17) is 9.47 Å². The van der Waals surface area contributed by atoms with E-state index < -0.39 is 18.2 Å². The van der Waals surface area contributed by atoms with Crippen molar-refractivity contribution in [2.24, 2.45) is 5.92 Å². The highest BCUT2D eigenvalue weighted by molar-refractivity contribution is 5.84. The predicted molar refractivity (Wildman–Crippen MR) is 93.3 cm³/mol. The van der Waals surface area contributed by atoms with E-state index in [1.54, 1.807) is 25.8 Å². The lowest BCUT2D eigenvalue weighted by molar-refractivity contribution is -0.167. The van der Waals surface area contributed by atoms with Gasteiger partial charge in [-0.15, -0.1) is 0 Å². The van der Waals surface area contributed by atoms with E-state index in [9.17, 15) is 9.59 Å². The third-order valence-electron chi connectivity index (χ3n) is 3.67. The van der Waals surface area contributed by atoms with E-state index in [-0.39, 0.29) is 5.91 Å². The second-order valence-corrected chi connectivity index (χ2v) is 6.45. The Hall–Kier alpha value is -1.88. The van der Waals surface area contributed by atoms with Crippen LogP contribution < -0.4 is 0 Å². The molecule has 0 radical (unpaired) electrons. The van der Waals surface area contributed by atoms with Crippen LogP contribution in [0.25, 0.3) is 0 Å². The molecular formula is C19H29NO4. The minimum atomic E-state index is -0.831. The van der Waals surface area contributed by atoms with Gasteiger partial charge in [0.2, 0.25) is 0 Å². The number of benzene rings is 1. The van der Waals surface area contributed by atoms with Crippen LogP contribution in [0.3, 0.4) is 0 Å². The van der Waals surface area contributed by atoms with Gasteiger partial charge in [-0.25, -0.2) is 4.79 Å². The molecule has 1 rings (SSSR count). The van der Waals surface area contributed by atoms with Crippen molar-refractivity contribution in [3.05, 3.63) is 35.9 Å². The summed E-state index contributed by atoms with van der Waals surface area (Å²) in [6.07, 6.45) is -0.618. The van der Waals surface area contributed by atoms with E-state index >= 15 is 0 Å². The molecule has 1 amide bonds. The zero-order valence-electron chi connectivity index (χ0n) is 15.3. The summed E-state index contributed by atoms with van der Waals surface area (Å²) in [6, 6.07) is 9.67. The van der Waals surface area contributed by atoms with Crippen LogP contribution in [0.2, 0.25) is 0 Å². The summed E-state index contributed by atoms with van der Waals surface area (Å²) < 4.78 is 10.7. The monoisotopic (exact) mass is 335 g/mol. The van der Waals surface area contributed by atoms with Gasteiger partial charge >= 0.3 is 5.97 Å². The SMILES string of the molecule is CC(C)CCOC(C)C(=O)OC(C)C(=O)N(C)Cc1ccccc1. The lowest BCUT2D eigenvalue weighted by atomic mass is 10.1. The predicted octanol–water partition coefficient (Wildman–Crippen LogP) is 3.03. The molecule has 0 N–H and O–H groups in total. The molecule has 24 heavy (non-hydrogen) atoms. The molecule has 5 nitrogen and oxygen atoms in total. The normalized spacial score (nSPS) is 13.4. The molecule has 5 heteroatoms. The highest BCUT2D eigenvalue weighted by Gasteiger charge is 2.24. The van der Waals surface area contributed by atoms with Crippen LogP contribution in [-0.2, 0) is 25.6 Å². The van der Waals surface area contributed by atoms with Gasteiger partial charge in [0.05, 0.1) is 0 Å². The summed E-state index contributed by atoms with van der Waals surface area (Å²) in [4.78, 5) is 25.9. The second-order valence-electron chi connectivity index (χ2n) is 6.45. The highest BCUT2D eigenvalue weighted by Crippen LogP contribution is 2.08. The van der Waals surface area contributed by atoms with Crippen LogP contribution in [0, 0.1) is 5.92 Å². The van der Waals surface area contributed by atoms with Crippen LogP contribution >= 0.6 is 0 Å². The fourth-order valence-corrected chi connectivity index (χ4v) is 2.11. The summed E-state index contributed by atoms with van der Waals surface area (Å²) in [7, 11) is 1.70. The molecule has 0 aliphatic carbocycles. The van der Waals surface area contributed by atoms with Crippen LogP contribution in [0.5, 0.6) is 0 Å². The van der Waals surface area contributed by atoms with Gasteiger partial charge in [0.15, 0.2) is 12.2 Å². The van der Waals surface area contributed by atoms with Crippen LogP contribution in [0.4, 0.5) is 0 Å². The first-order valence-electron chi connectivity index (χ1n) is 8.42. The summed E-state index contributed by atoms with van der Waals surface area (Å²) in [5, 5.41) is 0. The molecule has 0 spiro atoms. The molecule has 0 saturated heterocycles. The first kappa shape index (κ1) is 20.2. The molecular weight excluding hydrogens is 306 g/mol. The molecule has 0 aliphatic rings. The number of carbonyl (C=O) groups is 2. The molecule has 0 aromatic heterocycles. The Morgan fingerprint density at radius 3 is 2.25 bits per heavy atom. The first-order chi connectivity index (χ1) is 11.3. The van der Waals surface area contributed by atoms with E-state index in [1.165, 1.54) is 0 Å². The largest absolute Gasteiger partial charge is 0.451 e. The van der Waals surface area contributed by atoms with Crippen molar-refractivity contribution in [2.75, 3.05) is 13.7 Å². The molecule has 0 aliphatic heterocycles. The standard InChI is InChI=1S/C19H29NO4/c1-14(2)11-12-23-16(4)19(22)24-15(3)18(21)20(5)13-17-9-7-6-8-10-17/h6-10,14-16H,11-13H2,1-5H3. The Labute approximate surface area is 144 Å². The van der Waals surface area contributed by atoms with E-state index in [0.29, 0.717) is 19.1 Å². The summed E-state index contributed by atoms with van der Waals surface area (Å²) in [5.74, 6) is -0.227. The maximum absolute atomic E-state index is 12.3. The molecule has 1 aromatic rings. The van der Waals surface area contributed by atoms with Gasteiger partial charge in [-0.2, -0.15) is 0 Å². The average Bonchev–Trinajstić information content (AvgIpc) is 2.54. The zero-order valence-corrected chi connectivity index (χ0v) is 15.3. The van der Waals surface area contributed by atoms with Gasteiger partial charge in [-0.3, -0.25) is 4.79 Å². The zero-order chi connectivity index (χ0) is 18.1. The Morgan fingerprint density at radius 2 is 1.67 bits per heavy atom. The summed E-state index contributed by atoms with van der Waals surface area (Å²) in [6.45, 7) is 8.40. The maximum atomic E-state index is 12.3. The Balaban J connectivity index is 2.43. The van der Waals surface area contributed by atoms with Gasteiger partial charge in [-0.1, -0.05) is 44.2 Å². The molecule has 0 fully saturated rings. The number of nitrogens with zero attached hydrogens (tertiary/aromatic N) is 1. The third kappa shape index (κ3) is 7.13. The average molecular weight is 335 g/mol. The van der Waals surface area contributed by atoms with Crippen molar-refractivity contribution in [1.82, 2.24) is 4.90 Å². The van der Waals surface area contributed by atoms with Gasteiger partial charge in [0, 0.05) is 20.2 Å². The number of carbonyl (C=O) groups excluding carboxylic acids is 2. The van der Waals surface area contributed by atoms with Crippen molar-refractivity contribution in [1.29, 1.82) is 0 Å². The lowest BCUT2D eigenvalue weighted by Crippen LogP contribution is -2.39. The molecule has 1 aromatic carbocycles. The second kappa shape index (κ2) is 10.1. The van der Waals surface area contributed by atoms with E-state index in [2.05, 4.69) is 13.8 Å². The fourth-order valence-electron chi connectivity index (χ4n) is 2.11. The third-order valence-corrected chi connectivity index (χ3v) is 3.67. The first-order valence-corrected chi connectivity index (χ1v) is 8.42. The number of hydrogen-bond acceptors (Lipinski definition) is 4. The van der Waals surface area contributed by atoms with E-state index in [0.717, 1.165) is 12.0 Å². The van der Waals surface area contributed by atoms with Crippen LogP contribution in [-0.4, -0.2) is 42.6 Å². The molecule has 0 bridgehead atoms. The molecule has 2 atom stereocenters. The Morgan fingerprint density at radius 1 is 1.04 bits per heavy atom. The Bertz CT molecular complexity index is 515. The summed E-state index contributed by atoms with van der Waals surface area (Å²) >= 11 is 0. The fraction of sp³-hybridized carbons (Fsp3) is 0.579. The minimum absolute atomic E-state index is 0.235. The topological polar surface area (TPSA) is 55.8 Å². The Kier molecular flexibility index (Phi) is 8.47. The number of ether oxygens (including phenoxy) is 2. The van der Waals surface area contributed by atoms with Crippen molar-refractivity contribution < 1.29 is 19.1 Å². The van der Waals surface area contributed by atoms with Crippen molar-refractivity contribution >= 4 is 11.9 Å². The number of rotatable bonds is 9. The highest BCUT2D eigenvalue weighted by atomic mass is 16.6. The lowest BCUT2D eigenvalue weighted by Gasteiger charge is -2.22. The van der Waals surface area contributed by atoms with Crippen molar-refractivity contribution in [3.8, 4) is 0 Å². The molecule has 2 unspecified atom stereocenters. The molecule has 0 saturated carbocycles. The number of likely N-dealkylation sites (N-methyl/N-ethyl adjacent to an activating group) is 1. The van der Waals surface area contributed by atoms with Gasteiger partial charge in [0.25, 0.3) is 5.91 Å². The van der Waals surface area contributed by atoms with Crippen LogP contribution in [0.1, 0.15) is 39.7 Å².